The maximum Gasteiger partial charge on any atom is 0.376 e. The Hall–Kier alpha value is -3.00. The molecule has 0 saturated carbocycles. The Morgan fingerprint density at radius 2 is 2.00 bits per heavy atom. The summed E-state index contributed by atoms with van der Waals surface area (Å²) in [6.45, 7) is 7.57. The summed E-state index contributed by atoms with van der Waals surface area (Å²) in [4.78, 5) is 23.0. The summed E-state index contributed by atoms with van der Waals surface area (Å²) in [5.74, 6) is -0.0806. The van der Waals surface area contributed by atoms with Crippen molar-refractivity contribution >= 4 is 22.9 Å². The minimum atomic E-state index is -0.583. The number of ether oxygens (including phenoxy) is 1. The van der Waals surface area contributed by atoms with Gasteiger partial charge in [-0.3, -0.25) is 0 Å². The van der Waals surface area contributed by atoms with Gasteiger partial charge >= 0.3 is 5.97 Å². The van der Waals surface area contributed by atoms with Gasteiger partial charge in [0.25, 0.3) is 5.71 Å². The van der Waals surface area contributed by atoms with Crippen LogP contribution in [-0.2, 0) is 11.3 Å². The van der Waals surface area contributed by atoms with Crippen LogP contribution >= 0.6 is 0 Å². The fraction of sp³-hybridized carbons (Fsp3) is 0.429. The second kappa shape index (κ2) is 9.47. The molecule has 154 valence electrons. The van der Waals surface area contributed by atoms with E-state index in [2.05, 4.69) is 51.4 Å². The number of carbonyl (C=O) groups excluding carboxylic acids is 1. The van der Waals surface area contributed by atoms with Crippen LogP contribution in [0.1, 0.15) is 42.1 Å². The largest absolute Gasteiger partial charge is 0.460 e. The van der Waals surface area contributed by atoms with Gasteiger partial charge in [-0.2, -0.15) is 4.98 Å². The molecule has 0 saturated heterocycles. The van der Waals surface area contributed by atoms with Crippen molar-refractivity contribution in [3.63, 3.8) is 0 Å². The molecule has 2 aromatic heterocycles. The smallest absolute Gasteiger partial charge is 0.376 e. The van der Waals surface area contributed by atoms with Gasteiger partial charge in [0.15, 0.2) is 0 Å². The number of benzene rings is 1. The molecule has 0 bridgehead atoms. The van der Waals surface area contributed by atoms with E-state index in [1.165, 1.54) is 5.56 Å². The predicted molar refractivity (Wildman–Crippen MR) is 111 cm³/mol. The van der Waals surface area contributed by atoms with Gasteiger partial charge in [-0.05, 0) is 32.9 Å². The van der Waals surface area contributed by atoms with Crippen molar-refractivity contribution in [3.05, 3.63) is 47.4 Å². The van der Waals surface area contributed by atoms with Crippen LogP contribution in [0, 0.1) is 6.92 Å². The maximum atomic E-state index is 12.1. The number of likely N-dealkylation sites (N-methyl/N-ethyl adjacent to an activating group) is 1. The molecule has 0 aliphatic heterocycles. The van der Waals surface area contributed by atoms with Crippen molar-refractivity contribution in [2.24, 2.45) is 0 Å². The molecule has 1 N–H and O–H groups in total. The molecule has 0 aliphatic rings. The summed E-state index contributed by atoms with van der Waals surface area (Å²) in [6.07, 6.45) is 0.879. The maximum absolute atomic E-state index is 12.1. The minimum absolute atomic E-state index is 0.0366. The van der Waals surface area contributed by atoms with Crippen molar-refractivity contribution in [2.75, 3.05) is 25.5 Å². The Labute approximate surface area is 170 Å². The Bertz CT molecular complexity index is 958. The van der Waals surface area contributed by atoms with Crippen LogP contribution in [0.4, 0.5) is 5.82 Å². The zero-order valence-electron chi connectivity index (χ0n) is 17.3. The van der Waals surface area contributed by atoms with E-state index in [1.807, 2.05) is 25.1 Å². The highest BCUT2D eigenvalue weighted by Crippen LogP contribution is 2.25. The number of anilines is 1. The van der Waals surface area contributed by atoms with Crippen LogP contribution < -0.4 is 5.32 Å². The molecule has 29 heavy (non-hydrogen) atoms. The Balaban J connectivity index is 1.80. The van der Waals surface area contributed by atoms with E-state index >= 15 is 0 Å². The SMILES string of the molecule is CCOC(=O)c1nc(N[C@@H](CC)CN(C)Cc2ccccc2)c2c(C)noc2n1. The fourth-order valence-electron chi connectivity index (χ4n) is 3.19. The number of fused-ring (bicyclic) bond motifs is 1. The van der Waals surface area contributed by atoms with Gasteiger partial charge in [-0.25, -0.2) is 9.78 Å². The van der Waals surface area contributed by atoms with E-state index in [4.69, 9.17) is 9.26 Å². The summed E-state index contributed by atoms with van der Waals surface area (Å²) in [5.41, 5.74) is 2.20. The van der Waals surface area contributed by atoms with Crippen molar-refractivity contribution in [3.8, 4) is 0 Å². The van der Waals surface area contributed by atoms with Crippen LogP contribution in [-0.4, -0.2) is 52.2 Å². The predicted octanol–water partition coefficient (Wildman–Crippen LogP) is 3.43. The number of aryl methyl sites for hydroxylation is 1. The minimum Gasteiger partial charge on any atom is -0.460 e. The van der Waals surface area contributed by atoms with Gasteiger partial charge < -0.3 is 19.5 Å². The number of hydrogen-bond acceptors (Lipinski definition) is 8. The lowest BCUT2D eigenvalue weighted by Gasteiger charge is -2.25. The normalized spacial score (nSPS) is 12.3. The number of nitrogens with one attached hydrogen (secondary N) is 1. The molecule has 0 amide bonds. The number of carbonyl (C=O) groups is 1. The summed E-state index contributed by atoms with van der Waals surface area (Å²) < 4.78 is 10.3. The summed E-state index contributed by atoms with van der Waals surface area (Å²) in [6, 6.07) is 10.5. The van der Waals surface area contributed by atoms with E-state index in [-0.39, 0.29) is 24.2 Å². The summed E-state index contributed by atoms with van der Waals surface area (Å²) >= 11 is 0. The standard InChI is InChI=1S/C21H27N5O3/c1-5-16(13-26(4)12-15-10-8-7-9-11-15)22-18-17-14(3)25-29-20(17)24-19(23-18)21(27)28-6-2/h7-11,16H,5-6,12-13H2,1-4H3,(H,22,23,24)/t16-/m0/s1. The first kappa shape index (κ1) is 20.7. The van der Waals surface area contributed by atoms with E-state index < -0.39 is 5.97 Å². The van der Waals surface area contributed by atoms with Gasteiger partial charge in [0, 0.05) is 19.1 Å². The quantitative estimate of drug-likeness (QED) is 0.549. The summed E-state index contributed by atoms with van der Waals surface area (Å²) in [7, 11) is 2.08. The molecule has 0 radical (unpaired) electrons. The monoisotopic (exact) mass is 397 g/mol. The third-order valence-corrected chi connectivity index (χ3v) is 4.63. The van der Waals surface area contributed by atoms with Crippen LogP contribution in [0.25, 0.3) is 11.1 Å². The zero-order valence-corrected chi connectivity index (χ0v) is 17.3. The number of nitrogens with zero attached hydrogens (tertiary/aromatic N) is 4. The molecule has 0 unspecified atom stereocenters. The molecule has 0 spiro atoms. The lowest BCUT2D eigenvalue weighted by Crippen LogP contribution is -2.34. The molecule has 1 aromatic carbocycles. The Kier molecular flexibility index (Phi) is 6.77. The molecular formula is C21H27N5O3. The van der Waals surface area contributed by atoms with E-state index in [0.29, 0.717) is 16.9 Å². The third kappa shape index (κ3) is 5.08. The first-order chi connectivity index (χ1) is 14.0. The first-order valence-electron chi connectivity index (χ1n) is 9.81. The van der Waals surface area contributed by atoms with Gasteiger partial charge in [0.05, 0.1) is 12.3 Å². The van der Waals surface area contributed by atoms with Gasteiger partial charge in [0.1, 0.15) is 11.2 Å². The third-order valence-electron chi connectivity index (χ3n) is 4.63. The van der Waals surface area contributed by atoms with Gasteiger partial charge in [-0.15, -0.1) is 0 Å². The molecule has 1 atom stereocenters. The lowest BCUT2D eigenvalue weighted by molar-refractivity contribution is 0.0512. The Morgan fingerprint density at radius 3 is 2.69 bits per heavy atom. The molecule has 3 rings (SSSR count). The van der Waals surface area contributed by atoms with E-state index in [0.717, 1.165) is 19.5 Å². The molecule has 3 aromatic rings. The number of esters is 1. The highest BCUT2D eigenvalue weighted by molar-refractivity contribution is 5.93. The molecule has 2 heterocycles. The van der Waals surface area contributed by atoms with Gasteiger partial charge in [0.2, 0.25) is 5.82 Å². The lowest BCUT2D eigenvalue weighted by atomic mass is 10.1. The first-order valence-corrected chi connectivity index (χ1v) is 9.81. The highest BCUT2D eigenvalue weighted by Gasteiger charge is 2.21. The molecule has 8 nitrogen and oxygen atoms in total. The second-order valence-corrected chi connectivity index (χ2v) is 7.00. The van der Waals surface area contributed by atoms with Crippen LogP contribution in [0.15, 0.2) is 34.9 Å². The van der Waals surface area contributed by atoms with Crippen molar-refractivity contribution in [1.29, 1.82) is 0 Å². The van der Waals surface area contributed by atoms with Gasteiger partial charge in [-0.1, -0.05) is 42.4 Å². The number of rotatable bonds is 9. The van der Waals surface area contributed by atoms with Crippen LogP contribution in [0.5, 0.6) is 0 Å². The highest BCUT2D eigenvalue weighted by atomic mass is 16.5. The topological polar surface area (TPSA) is 93.4 Å². The van der Waals surface area contributed by atoms with Crippen LogP contribution in [0.2, 0.25) is 0 Å². The van der Waals surface area contributed by atoms with Crippen LogP contribution in [0.3, 0.4) is 0 Å². The second-order valence-electron chi connectivity index (χ2n) is 7.00. The summed E-state index contributed by atoms with van der Waals surface area (Å²) in [5, 5.41) is 8.11. The van der Waals surface area contributed by atoms with E-state index in [9.17, 15) is 4.79 Å². The average molecular weight is 397 g/mol. The molecule has 0 aliphatic carbocycles. The van der Waals surface area contributed by atoms with Crippen molar-refractivity contribution in [1.82, 2.24) is 20.0 Å². The van der Waals surface area contributed by atoms with Crippen molar-refractivity contribution in [2.45, 2.75) is 39.8 Å². The average Bonchev–Trinajstić information content (AvgIpc) is 3.09. The number of aromatic nitrogens is 3. The molecule has 0 fully saturated rings. The Morgan fingerprint density at radius 1 is 1.24 bits per heavy atom. The zero-order chi connectivity index (χ0) is 20.8. The molecule has 8 heteroatoms. The van der Waals surface area contributed by atoms with Crippen molar-refractivity contribution < 1.29 is 14.1 Å². The number of hydrogen-bond donors (Lipinski definition) is 1. The fourth-order valence-corrected chi connectivity index (χ4v) is 3.19. The molecular weight excluding hydrogens is 370 g/mol. The van der Waals surface area contributed by atoms with E-state index in [1.54, 1.807) is 6.92 Å².